The number of hydrogen-bond donors (Lipinski definition) is 3. The smallest absolute Gasteiger partial charge is 0.407 e. The van der Waals surface area contributed by atoms with Gasteiger partial charge in [-0.25, -0.2) is 4.79 Å². The lowest BCUT2D eigenvalue weighted by Crippen LogP contribution is -2.59. The molecule has 0 radical (unpaired) electrons. The third kappa shape index (κ3) is 9.14. The highest BCUT2D eigenvalue weighted by Crippen LogP contribution is 2.50. The number of amides is 3. The molecule has 11 nitrogen and oxygen atoms in total. The minimum atomic E-state index is -1.71. The third-order valence-electron chi connectivity index (χ3n) is 9.80. The van der Waals surface area contributed by atoms with Crippen molar-refractivity contribution in [3.63, 3.8) is 0 Å². The third-order valence-corrected chi connectivity index (χ3v) is 9.80. The van der Waals surface area contributed by atoms with Crippen LogP contribution < -0.4 is 16.4 Å². The van der Waals surface area contributed by atoms with Crippen LogP contribution in [0.4, 0.5) is 4.79 Å². The molecule has 3 aromatic rings. The van der Waals surface area contributed by atoms with Crippen LogP contribution in [0.25, 0.3) is 0 Å². The van der Waals surface area contributed by atoms with E-state index in [0.717, 1.165) is 22.3 Å². The molecular formula is C40H50N4O7. The SMILES string of the molecule is CC(C)(C)OC(=O)C(C)(CN)C(=O)N[C@H](COCc1ccccc1)C(=O)N1CCC2(CC1)CC(NC(=O)OCc1ccccc1)c1ccccc12. The Morgan fingerprint density at radius 2 is 1.45 bits per heavy atom. The predicted octanol–water partition coefficient (Wildman–Crippen LogP) is 4.93. The summed E-state index contributed by atoms with van der Waals surface area (Å²) >= 11 is 0. The van der Waals surface area contributed by atoms with Crippen molar-refractivity contribution in [2.75, 3.05) is 26.2 Å². The number of nitrogens with two attached hydrogens (primary N) is 1. The molecule has 5 rings (SSSR count). The summed E-state index contributed by atoms with van der Waals surface area (Å²) in [6.07, 6.45) is 1.53. The normalized spacial score (nSPS) is 18.2. The number of piperidine rings is 1. The number of carbonyl (C=O) groups is 4. The molecule has 2 unspecified atom stereocenters. The number of likely N-dealkylation sites (tertiary alicyclic amines) is 1. The molecule has 272 valence electrons. The van der Waals surface area contributed by atoms with Crippen molar-refractivity contribution in [2.24, 2.45) is 11.1 Å². The van der Waals surface area contributed by atoms with Crippen LogP contribution in [0, 0.1) is 5.41 Å². The van der Waals surface area contributed by atoms with E-state index in [2.05, 4.69) is 16.7 Å². The fourth-order valence-corrected chi connectivity index (χ4v) is 6.80. The summed E-state index contributed by atoms with van der Waals surface area (Å²) in [4.78, 5) is 55.6. The van der Waals surface area contributed by atoms with Crippen molar-refractivity contribution in [1.29, 1.82) is 0 Å². The zero-order valence-electron chi connectivity index (χ0n) is 30.0. The van der Waals surface area contributed by atoms with Crippen molar-refractivity contribution < 1.29 is 33.4 Å². The van der Waals surface area contributed by atoms with Gasteiger partial charge in [-0.1, -0.05) is 84.9 Å². The molecule has 2 aliphatic rings. The van der Waals surface area contributed by atoms with Crippen LogP contribution in [0.2, 0.25) is 0 Å². The van der Waals surface area contributed by atoms with Crippen LogP contribution in [0.1, 0.15) is 75.3 Å². The first-order valence-electron chi connectivity index (χ1n) is 17.6. The average Bonchev–Trinajstić information content (AvgIpc) is 3.41. The van der Waals surface area contributed by atoms with Crippen LogP contribution in [-0.2, 0) is 47.2 Å². The number of benzene rings is 3. The van der Waals surface area contributed by atoms with Crippen LogP contribution in [-0.4, -0.2) is 66.7 Å². The van der Waals surface area contributed by atoms with Crippen LogP contribution >= 0.6 is 0 Å². The number of fused-ring (bicyclic) bond motifs is 2. The summed E-state index contributed by atoms with van der Waals surface area (Å²) in [6, 6.07) is 25.9. The van der Waals surface area contributed by atoms with Gasteiger partial charge in [-0.3, -0.25) is 14.4 Å². The van der Waals surface area contributed by atoms with Gasteiger partial charge >= 0.3 is 12.1 Å². The number of ether oxygens (including phenoxy) is 3. The van der Waals surface area contributed by atoms with Crippen molar-refractivity contribution in [3.05, 3.63) is 107 Å². The van der Waals surface area contributed by atoms with Crippen LogP contribution in [0.5, 0.6) is 0 Å². The molecule has 0 aromatic heterocycles. The monoisotopic (exact) mass is 698 g/mol. The van der Waals surface area contributed by atoms with Gasteiger partial charge < -0.3 is 35.5 Å². The van der Waals surface area contributed by atoms with Crippen molar-refractivity contribution in [2.45, 2.75) is 83.3 Å². The molecule has 3 aromatic carbocycles. The first-order valence-corrected chi connectivity index (χ1v) is 17.6. The Labute approximate surface area is 300 Å². The lowest BCUT2D eigenvalue weighted by Gasteiger charge is -2.41. The molecule has 4 N–H and O–H groups in total. The highest BCUT2D eigenvalue weighted by Gasteiger charge is 2.48. The average molecular weight is 699 g/mol. The molecule has 0 saturated carbocycles. The van der Waals surface area contributed by atoms with E-state index in [1.165, 1.54) is 6.92 Å². The van der Waals surface area contributed by atoms with Gasteiger partial charge in [0.2, 0.25) is 11.8 Å². The summed E-state index contributed by atoms with van der Waals surface area (Å²) in [5.74, 6) is -1.77. The summed E-state index contributed by atoms with van der Waals surface area (Å²) in [7, 11) is 0. The summed E-state index contributed by atoms with van der Waals surface area (Å²) in [6.45, 7) is 7.44. The Kier molecular flexibility index (Phi) is 11.8. The second-order valence-corrected chi connectivity index (χ2v) is 14.7. The number of hydrogen-bond acceptors (Lipinski definition) is 8. The van der Waals surface area contributed by atoms with E-state index in [9.17, 15) is 19.2 Å². The standard InChI is InChI=1S/C40H50N4O7/c1-38(2,3)51-36(47)39(4,27-41)35(46)42-33(26-49-24-28-13-7-5-8-14-28)34(45)44-21-19-40(20-22-44)23-32(30-17-11-12-18-31(30)40)43-37(48)50-25-29-15-9-6-10-16-29/h5-18,32-33H,19-27,41H2,1-4H3,(H,42,46)(H,43,48)/t32?,33-,39?/m1/s1. The zero-order valence-corrected chi connectivity index (χ0v) is 30.0. The van der Waals surface area contributed by atoms with Gasteiger partial charge in [0.05, 0.1) is 19.3 Å². The van der Waals surface area contributed by atoms with Gasteiger partial charge in [-0.15, -0.1) is 0 Å². The number of alkyl carbamates (subject to hydrolysis) is 1. The Morgan fingerprint density at radius 1 is 0.863 bits per heavy atom. The van der Waals surface area contributed by atoms with Crippen molar-refractivity contribution >= 4 is 23.9 Å². The van der Waals surface area contributed by atoms with E-state index in [0.29, 0.717) is 32.4 Å². The fraction of sp³-hybridized carbons (Fsp3) is 0.450. The molecule has 1 fully saturated rings. The Morgan fingerprint density at radius 3 is 2.06 bits per heavy atom. The number of nitrogens with one attached hydrogen (secondary N) is 2. The van der Waals surface area contributed by atoms with Crippen molar-refractivity contribution in [3.8, 4) is 0 Å². The fourth-order valence-electron chi connectivity index (χ4n) is 6.80. The predicted molar refractivity (Wildman–Crippen MR) is 192 cm³/mol. The molecule has 1 spiro atoms. The number of rotatable bonds is 12. The zero-order chi connectivity index (χ0) is 36.6. The van der Waals surface area contributed by atoms with Crippen LogP contribution in [0.15, 0.2) is 84.9 Å². The lowest BCUT2D eigenvalue weighted by atomic mass is 9.73. The molecule has 3 amide bonds. The maximum absolute atomic E-state index is 14.1. The van der Waals surface area contributed by atoms with Gasteiger partial charge in [-0.2, -0.15) is 0 Å². The van der Waals surface area contributed by atoms with E-state index in [-0.39, 0.29) is 43.7 Å². The molecular weight excluding hydrogens is 648 g/mol. The highest BCUT2D eigenvalue weighted by molar-refractivity contribution is 6.04. The molecule has 1 aliphatic heterocycles. The van der Waals surface area contributed by atoms with E-state index >= 15 is 0 Å². The summed E-state index contributed by atoms with van der Waals surface area (Å²) in [5.41, 5.74) is 7.22. The van der Waals surface area contributed by atoms with Crippen LogP contribution in [0.3, 0.4) is 0 Å². The Bertz CT molecular complexity index is 1670. The second kappa shape index (κ2) is 16.1. The van der Waals surface area contributed by atoms with E-state index < -0.39 is 35.0 Å². The molecule has 1 aliphatic carbocycles. The number of nitrogens with zero attached hydrogens (tertiary/aromatic N) is 1. The molecule has 3 atom stereocenters. The molecule has 1 heterocycles. The minimum Gasteiger partial charge on any atom is -0.459 e. The van der Waals surface area contributed by atoms with Gasteiger partial charge in [-0.05, 0) is 69.2 Å². The first-order chi connectivity index (χ1) is 24.3. The first kappa shape index (κ1) is 37.5. The van der Waals surface area contributed by atoms with Crippen molar-refractivity contribution in [1.82, 2.24) is 15.5 Å². The largest absolute Gasteiger partial charge is 0.459 e. The topological polar surface area (TPSA) is 149 Å². The maximum atomic E-state index is 14.1. The van der Waals surface area contributed by atoms with E-state index in [1.807, 2.05) is 78.9 Å². The molecule has 11 heteroatoms. The molecule has 0 bridgehead atoms. The van der Waals surface area contributed by atoms with Gasteiger partial charge in [0.1, 0.15) is 18.2 Å². The van der Waals surface area contributed by atoms with E-state index in [4.69, 9.17) is 19.9 Å². The summed E-state index contributed by atoms with van der Waals surface area (Å²) in [5, 5.41) is 5.87. The number of carbonyl (C=O) groups excluding carboxylic acids is 4. The molecule has 51 heavy (non-hydrogen) atoms. The maximum Gasteiger partial charge on any atom is 0.407 e. The minimum absolute atomic E-state index is 0.101. The Balaban J connectivity index is 1.26. The van der Waals surface area contributed by atoms with Gasteiger partial charge in [0.15, 0.2) is 5.41 Å². The van der Waals surface area contributed by atoms with Gasteiger partial charge in [0.25, 0.3) is 0 Å². The second-order valence-electron chi connectivity index (χ2n) is 14.7. The van der Waals surface area contributed by atoms with Gasteiger partial charge in [0, 0.05) is 25.0 Å². The summed E-state index contributed by atoms with van der Waals surface area (Å²) < 4.78 is 17.0. The lowest BCUT2D eigenvalue weighted by molar-refractivity contribution is -0.170. The molecule has 1 saturated heterocycles. The number of esters is 1. The Hall–Kier alpha value is -4.74. The highest BCUT2D eigenvalue weighted by atomic mass is 16.6. The van der Waals surface area contributed by atoms with E-state index in [1.54, 1.807) is 25.7 Å². The quantitative estimate of drug-likeness (QED) is 0.178.